The Morgan fingerprint density at radius 2 is 1.97 bits per heavy atom. The lowest BCUT2D eigenvalue weighted by Crippen LogP contribution is -2.46. The highest BCUT2D eigenvalue weighted by Crippen LogP contribution is 2.34. The van der Waals surface area contributed by atoms with E-state index in [-0.39, 0.29) is 5.91 Å². The van der Waals surface area contributed by atoms with Gasteiger partial charge in [0.05, 0.1) is 5.75 Å². The molecule has 1 aliphatic heterocycles. The molecule has 2 heterocycles. The van der Waals surface area contributed by atoms with E-state index in [9.17, 15) is 4.79 Å². The largest absolute Gasteiger partial charge is 0.431 e. The van der Waals surface area contributed by atoms with Crippen LogP contribution in [0.4, 0.5) is 0 Å². The van der Waals surface area contributed by atoms with Crippen LogP contribution in [0, 0.1) is 0 Å². The number of nitrogens with zero attached hydrogens (tertiary/aromatic N) is 2. The van der Waals surface area contributed by atoms with Crippen molar-refractivity contribution in [1.29, 1.82) is 0 Å². The van der Waals surface area contributed by atoms with E-state index in [2.05, 4.69) is 47.1 Å². The molecule has 1 aliphatic rings. The van der Waals surface area contributed by atoms with Crippen molar-refractivity contribution in [3.8, 4) is 0 Å². The van der Waals surface area contributed by atoms with Crippen molar-refractivity contribution in [1.82, 2.24) is 9.88 Å². The summed E-state index contributed by atoms with van der Waals surface area (Å²) in [6.45, 7) is 3.05. The number of likely N-dealkylation sites (tertiary alicyclic amines) is 1. The van der Waals surface area contributed by atoms with Crippen LogP contribution in [0.15, 0.2) is 64.2 Å². The summed E-state index contributed by atoms with van der Waals surface area (Å²) in [4.78, 5) is 19.6. The Bertz CT molecular complexity index is 907. The second kappa shape index (κ2) is 9.49. The number of piperidine rings is 1. The number of carbonyl (C=O) groups is 1. The number of benzene rings is 2. The molecule has 3 aromatic rings. The van der Waals surface area contributed by atoms with Gasteiger partial charge in [0.2, 0.25) is 5.91 Å². The predicted octanol–water partition coefficient (Wildman–Crippen LogP) is 5.88. The lowest BCUT2D eigenvalue weighted by atomic mass is 9.83. The van der Waals surface area contributed by atoms with Crippen LogP contribution < -0.4 is 0 Å². The van der Waals surface area contributed by atoms with Gasteiger partial charge in [-0.3, -0.25) is 4.79 Å². The molecule has 0 bridgehead atoms. The average molecular weight is 409 g/mol. The van der Waals surface area contributed by atoms with Gasteiger partial charge in [0.1, 0.15) is 5.52 Å². The van der Waals surface area contributed by atoms with Crippen molar-refractivity contribution in [2.24, 2.45) is 0 Å². The van der Waals surface area contributed by atoms with Crippen LogP contribution in [-0.2, 0) is 4.79 Å². The van der Waals surface area contributed by atoms with Crippen molar-refractivity contribution in [3.05, 3.63) is 60.2 Å². The summed E-state index contributed by atoms with van der Waals surface area (Å²) in [6, 6.07) is 18.8. The zero-order valence-corrected chi connectivity index (χ0v) is 17.7. The zero-order chi connectivity index (χ0) is 20.1. The van der Waals surface area contributed by atoms with E-state index < -0.39 is 0 Å². The molecule has 4 nitrogen and oxygen atoms in total. The maximum absolute atomic E-state index is 13.0. The number of unbranched alkanes of at least 4 members (excludes halogenated alkanes) is 1. The number of rotatable bonds is 7. The summed E-state index contributed by atoms with van der Waals surface area (Å²) in [5.41, 5.74) is 3.01. The quantitative estimate of drug-likeness (QED) is 0.458. The Morgan fingerprint density at radius 3 is 2.76 bits per heavy atom. The van der Waals surface area contributed by atoms with E-state index >= 15 is 0 Å². The molecule has 5 heteroatoms. The lowest BCUT2D eigenvalue weighted by molar-refractivity contribution is -0.132. The van der Waals surface area contributed by atoms with Crippen LogP contribution in [-0.4, -0.2) is 34.1 Å². The van der Waals surface area contributed by atoms with Gasteiger partial charge < -0.3 is 9.32 Å². The van der Waals surface area contributed by atoms with Gasteiger partial charge in [0.15, 0.2) is 5.58 Å². The molecule has 0 aliphatic carbocycles. The minimum atomic E-state index is 0.199. The van der Waals surface area contributed by atoms with Crippen LogP contribution >= 0.6 is 11.8 Å². The molecule has 2 aromatic carbocycles. The number of amides is 1. The summed E-state index contributed by atoms with van der Waals surface area (Å²) in [5.74, 6) is 1.13. The third kappa shape index (κ3) is 4.84. The van der Waals surface area contributed by atoms with Crippen LogP contribution in [0.5, 0.6) is 0 Å². The molecule has 29 heavy (non-hydrogen) atoms. The Hall–Kier alpha value is -2.27. The second-order valence-corrected chi connectivity index (χ2v) is 8.68. The molecule has 1 saturated heterocycles. The molecule has 0 saturated carbocycles. The van der Waals surface area contributed by atoms with Crippen molar-refractivity contribution in [3.63, 3.8) is 0 Å². The molecule has 1 amide bonds. The first-order chi connectivity index (χ1) is 14.2. The maximum atomic E-state index is 13.0. The van der Waals surface area contributed by atoms with Crippen molar-refractivity contribution in [2.75, 3.05) is 12.3 Å². The highest BCUT2D eigenvalue weighted by molar-refractivity contribution is 7.99. The normalized spacial score (nSPS) is 19.6. The highest BCUT2D eigenvalue weighted by Gasteiger charge is 2.31. The van der Waals surface area contributed by atoms with Gasteiger partial charge in [-0.1, -0.05) is 74.0 Å². The summed E-state index contributed by atoms with van der Waals surface area (Å²) in [5, 5.41) is 0.573. The predicted molar refractivity (Wildman–Crippen MR) is 118 cm³/mol. The topological polar surface area (TPSA) is 46.3 Å². The molecule has 4 rings (SSSR count). The van der Waals surface area contributed by atoms with E-state index in [1.807, 2.05) is 24.3 Å². The van der Waals surface area contributed by atoms with Crippen molar-refractivity contribution in [2.45, 2.75) is 56.2 Å². The van der Waals surface area contributed by atoms with Gasteiger partial charge in [-0.25, -0.2) is 4.98 Å². The number of hydrogen-bond acceptors (Lipinski definition) is 4. The monoisotopic (exact) mass is 408 g/mol. The Labute approximate surface area is 176 Å². The van der Waals surface area contributed by atoms with Gasteiger partial charge in [0, 0.05) is 12.6 Å². The van der Waals surface area contributed by atoms with Crippen LogP contribution in [0.1, 0.15) is 50.5 Å². The number of carbonyl (C=O) groups excluding carboxylic acids is 1. The standard InChI is InChI=1S/C24H28N2O2S/c1-2-3-11-20-16-19(18-9-5-4-6-10-18)14-15-26(20)23(27)17-29-24-25-21-12-7-8-13-22(21)28-24/h4-10,12-13,19-20H,2-3,11,14-17H2,1H3. The number of hydrogen-bond donors (Lipinski definition) is 0. The first kappa shape index (κ1) is 20.0. The van der Waals surface area contributed by atoms with Crippen molar-refractivity contribution < 1.29 is 9.21 Å². The Kier molecular flexibility index (Phi) is 6.55. The lowest BCUT2D eigenvalue weighted by Gasteiger charge is -2.40. The minimum absolute atomic E-state index is 0.199. The third-order valence-electron chi connectivity index (χ3n) is 5.79. The van der Waals surface area contributed by atoms with Gasteiger partial charge in [0.25, 0.3) is 5.22 Å². The molecular formula is C24H28N2O2S. The van der Waals surface area contributed by atoms with Crippen molar-refractivity contribution >= 4 is 28.8 Å². The van der Waals surface area contributed by atoms with E-state index in [0.717, 1.165) is 49.7 Å². The van der Waals surface area contributed by atoms with E-state index in [4.69, 9.17) is 4.42 Å². The fourth-order valence-electron chi connectivity index (χ4n) is 4.24. The molecule has 1 fully saturated rings. The SMILES string of the molecule is CCCCC1CC(c2ccccc2)CCN1C(=O)CSc1nc2ccccc2o1. The third-order valence-corrected chi connectivity index (χ3v) is 6.60. The van der Waals surface area contributed by atoms with Gasteiger partial charge >= 0.3 is 0 Å². The first-order valence-corrected chi connectivity index (χ1v) is 11.6. The molecule has 0 spiro atoms. The molecule has 152 valence electrons. The molecule has 2 atom stereocenters. The second-order valence-electron chi connectivity index (χ2n) is 7.75. The molecule has 0 radical (unpaired) electrons. The number of oxazole rings is 1. The summed E-state index contributed by atoms with van der Waals surface area (Å²) in [7, 11) is 0. The first-order valence-electron chi connectivity index (χ1n) is 10.6. The zero-order valence-electron chi connectivity index (χ0n) is 16.9. The number of aromatic nitrogens is 1. The molecule has 1 aromatic heterocycles. The van der Waals surface area contributed by atoms with Crippen LogP contribution in [0.2, 0.25) is 0 Å². The number of thioether (sulfide) groups is 1. The molecule has 2 unspecified atom stereocenters. The smallest absolute Gasteiger partial charge is 0.257 e. The fourth-order valence-corrected chi connectivity index (χ4v) is 4.96. The highest BCUT2D eigenvalue weighted by atomic mass is 32.2. The van der Waals surface area contributed by atoms with E-state index in [0.29, 0.717) is 22.9 Å². The minimum Gasteiger partial charge on any atom is -0.431 e. The van der Waals surface area contributed by atoms with Gasteiger partial charge in [-0.05, 0) is 42.9 Å². The Morgan fingerprint density at radius 1 is 1.17 bits per heavy atom. The molecule has 0 N–H and O–H groups in total. The summed E-state index contributed by atoms with van der Waals surface area (Å²) >= 11 is 1.40. The number of para-hydroxylation sites is 2. The summed E-state index contributed by atoms with van der Waals surface area (Å²) < 4.78 is 5.75. The molecular weight excluding hydrogens is 380 g/mol. The average Bonchev–Trinajstić information content (AvgIpc) is 3.19. The number of fused-ring (bicyclic) bond motifs is 1. The maximum Gasteiger partial charge on any atom is 0.257 e. The Balaban J connectivity index is 1.40. The van der Waals surface area contributed by atoms with Crippen LogP contribution in [0.3, 0.4) is 0 Å². The van der Waals surface area contributed by atoms with E-state index in [1.165, 1.54) is 17.3 Å². The fraction of sp³-hybridized carbons (Fsp3) is 0.417. The van der Waals surface area contributed by atoms with Crippen LogP contribution in [0.25, 0.3) is 11.1 Å². The van der Waals surface area contributed by atoms with Gasteiger partial charge in [-0.15, -0.1) is 0 Å². The van der Waals surface area contributed by atoms with E-state index in [1.54, 1.807) is 0 Å². The summed E-state index contributed by atoms with van der Waals surface area (Å²) in [6.07, 6.45) is 5.49. The van der Waals surface area contributed by atoms with Gasteiger partial charge in [-0.2, -0.15) is 0 Å².